The largest absolute Gasteiger partial charge is 0.330 e. The summed E-state index contributed by atoms with van der Waals surface area (Å²) in [6, 6.07) is 0. The van der Waals surface area contributed by atoms with E-state index in [9.17, 15) is 4.57 Å². The van der Waals surface area contributed by atoms with Crippen LogP contribution in [0.15, 0.2) is 0 Å². The summed E-state index contributed by atoms with van der Waals surface area (Å²) in [7, 11) is -0.304. The first-order chi connectivity index (χ1) is 4.43. The van der Waals surface area contributed by atoms with Crippen LogP contribution in [0.4, 0.5) is 0 Å². The molecule has 0 bridgehead atoms. The van der Waals surface area contributed by atoms with Gasteiger partial charge in [-0.15, -0.1) is 0 Å². The van der Waals surface area contributed by atoms with Crippen LogP contribution in [0.5, 0.6) is 0 Å². The first-order valence-electron chi connectivity index (χ1n) is 2.59. The van der Waals surface area contributed by atoms with Gasteiger partial charge >= 0.3 is 8.69 Å². The smallest absolute Gasteiger partial charge is 0.292 e. The zero-order chi connectivity index (χ0) is 6.53. The lowest BCUT2D eigenvalue weighted by molar-refractivity contribution is 0.115. The van der Waals surface area contributed by atoms with Crippen LogP contribution < -0.4 is 16.0 Å². The molecule has 0 amide bonds. The third kappa shape index (κ3) is 2.34. The van der Waals surface area contributed by atoms with Gasteiger partial charge in [-0.3, -0.25) is 20.5 Å². The first kappa shape index (κ1) is 7.05. The molecular weight excluding hydrogens is 141 g/mol. The molecule has 1 aliphatic heterocycles. The van der Waals surface area contributed by atoms with Crippen molar-refractivity contribution in [1.82, 2.24) is 16.0 Å². The van der Waals surface area contributed by atoms with E-state index in [-0.39, 0.29) is 15.0 Å². The van der Waals surface area contributed by atoms with E-state index in [1.807, 2.05) is 0 Å². The van der Waals surface area contributed by atoms with Crippen LogP contribution in [0.2, 0.25) is 0 Å². The fourth-order valence-electron chi connectivity index (χ4n) is 0.582. The van der Waals surface area contributed by atoms with Crippen LogP contribution in [0.3, 0.4) is 0 Å². The van der Waals surface area contributed by atoms with E-state index < -0.39 is 0 Å². The van der Waals surface area contributed by atoms with E-state index in [1.165, 1.54) is 0 Å². The highest BCUT2D eigenvalue weighted by Crippen LogP contribution is 1.97. The van der Waals surface area contributed by atoms with Gasteiger partial charge < -0.3 is 0 Å². The van der Waals surface area contributed by atoms with Crippen molar-refractivity contribution in [2.75, 3.05) is 13.3 Å². The fraction of sp³-hybridized carbons (Fsp3) is 1.00. The van der Waals surface area contributed by atoms with Crippen molar-refractivity contribution >= 4 is 8.69 Å². The summed E-state index contributed by atoms with van der Waals surface area (Å²) in [5.41, 5.74) is 0. The third-order valence-corrected chi connectivity index (χ3v) is 1.27. The second kappa shape index (κ2) is 3.87. The van der Waals surface area contributed by atoms with E-state index in [2.05, 4.69) is 20.5 Å². The zero-order valence-corrected chi connectivity index (χ0v) is 5.65. The Bertz CT molecular complexity index is 95.1. The van der Waals surface area contributed by atoms with Crippen molar-refractivity contribution in [3.63, 3.8) is 0 Å². The van der Waals surface area contributed by atoms with Gasteiger partial charge in [0.15, 0.2) is 6.35 Å². The maximum atomic E-state index is 9.85. The number of nitrogens with one attached hydrogen (secondary N) is 3. The highest BCUT2D eigenvalue weighted by atomic mass is 31.1. The maximum Gasteiger partial charge on any atom is 0.330 e. The van der Waals surface area contributed by atoms with E-state index in [1.54, 1.807) is 0 Å². The van der Waals surface area contributed by atoms with E-state index in [0.717, 1.165) is 0 Å². The van der Waals surface area contributed by atoms with Crippen molar-refractivity contribution in [2.24, 2.45) is 0 Å². The van der Waals surface area contributed by atoms with Gasteiger partial charge in [0.1, 0.15) is 0 Å². The van der Waals surface area contributed by atoms with Gasteiger partial charge in [-0.1, -0.05) is 0 Å². The van der Waals surface area contributed by atoms with Crippen molar-refractivity contribution < 1.29 is 9.09 Å². The van der Waals surface area contributed by atoms with Gasteiger partial charge in [0, 0.05) is 13.3 Å². The van der Waals surface area contributed by atoms with Crippen LogP contribution in [-0.2, 0) is 9.09 Å². The molecule has 1 saturated heterocycles. The monoisotopic (exact) mass is 149 g/mol. The molecule has 9 heavy (non-hydrogen) atoms. The zero-order valence-electron chi connectivity index (χ0n) is 4.76. The summed E-state index contributed by atoms with van der Waals surface area (Å²) < 4.78 is 14.5. The Balaban J connectivity index is 2.15. The summed E-state index contributed by atoms with van der Waals surface area (Å²) in [6.07, 6.45) is -0.287. The van der Waals surface area contributed by atoms with E-state index in [4.69, 9.17) is 0 Å². The lowest BCUT2D eigenvalue weighted by Gasteiger charge is -2.22. The van der Waals surface area contributed by atoms with E-state index in [0.29, 0.717) is 13.3 Å². The van der Waals surface area contributed by atoms with Crippen molar-refractivity contribution in [3.8, 4) is 0 Å². The topological polar surface area (TPSA) is 62.4 Å². The quantitative estimate of drug-likeness (QED) is 0.448. The highest BCUT2D eigenvalue weighted by molar-refractivity contribution is 7.17. The van der Waals surface area contributed by atoms with Gasteiger partial charge in [0.05, 0.1) is 0 Å². The van der Waals surface area contributed by atoms with Crippen LogP contribution in [0, 0.1) is 0 Å². The minimum atomic E-state index is -0.304. The Morgan fingerprint density at radius 2 is 2.11 bits per heavy atom. The SMILES string of the molecule is O=POC1NCNCN1. The summed E-state index contributed by atoms with van der Waals surface area (Å²) in [5.74, 6) is 0. The van der Waals surface area contributed by atoms with Crippen molar-refractivity contribution in [3.05, 3.63) is 0 Å². The molecule has 0 spiro atoms. The normalized spacial score (nSPS) is 22.7. The predicted molar refractivity (Wildman–Crippen MR) is 31.6 cm³/mol. The molecule has 52 valence electrons. The highest BCUT2D eigenvalue weighted by Gasteiger charge is 2.09. The molecule has 1 fully saturated rings. The molecule has 5 nitrogen and oxygen atoms in total. The van der Waals surface area contributed by atoms with Crippen LogP contribution in [0.1, 0.15) is 0 Å². The number of hydrogen-bond acceptors (Lipinski definition) is 5. The minimum absolute atomic E-state index is 0.287. The molecule has 0 unspecified atom stereocenters. The van der Waals surface area contributed by atoms with Crippen LogP contribution in [0.25, 0.3) is 0 Å². The Kier molecular flexibility index (Phi) is 3.03. The summed E-state index contributed by atoms with van der Waals surface area (Å²) in [4.78, 5) is 0. The molecule has 0 aromatic heterocycles. The van der Waals surface area contributed by atoms with Crippen LogP contribution >= 0.6 is 8.69 Å². The first-order valence-corrected chi connectivity index (χ1v) is 3.32. The molecule has 0 saturated carbocycles. The second-order valence-electron chi connectivity index (χ2n) is 1.57. The van der Waals surface area contributed by atoms with Gasteiger partial charge in [-0.25, -0.2) is 4.57 Å². The molecule has 1 aliphatic rings. The van der Waals surface area contributed by atoms with Gasteiger partial charge in [-0.2, -0.15) is 0 Å². The molecule has 0 aliphatic carbocycles. The van der Waals surface area contributed by atoms with Crippen molar-refractivity contribution in [2.45, 2.75) is 6.35 Å². The molecular formula is C3H8N3O2P. The summed E-state index contributed by atoms with van der Waals surface area (Å²) in [6.45, 7) is 1.35. The predicted octanol–water partition coefficient (Wildman–Crippen LogP) is -0.809. The molecule has 0 radical (unpaired) electrons. The molecule has 1 rings (SSSR count). The molecule has 6 heteroatoms. The standard InChI is InChI=1S/C3H8N3O2P/c7-9-8-3-5-1-4-2-6-3/h3-6H,1-2H2. The van der Waals surface area contributed by atoms with Gasteiger partial charge in [-0.05, 0) is 0 Å². The van der Waals surface area contributed by atoms with E-state index >= 15 is 0 Å². The lowest BCUT2D eigenvalue weighted by Crippen LogP contribution is -2.55. The molecule has 0 aromatic rings. The fourth-order valence-corrected chi connectivity index (χ4v) is 0.817. The van der Waals surface area contributed by atoms with Crippen molar-refractivity contribution in [1.29, 1.82) is 0 Å². The Morgan fingerprint density at radius 1 is 1.44 bits per heavy atom. The molecule has 1 heterocycles. The maximum absolute atomic E-state index is 9.85. The second-order valence-corrected chi connectivity index (χ2v) is 1.93. The molecule has 3 N–H and O–H groups in total. The summed E-state index contributed by atoms with van der Waals surface area (Å²) >= 11 is 0. The van der Waals surface area contributed by atoms with Crippen LogP contribution in [-0.4, -0.2) is 19.7 Å². The molecule has 0 atom stereocenters. The third-order valence-electron chi connectivity index (χ3n) is 0.973. The minimum Gasteiger partial charge on any atom is -0.292 e. The average Bonchev–Trinajstić information content (AvgIpc) is 1.91. The Hall–Kier alpha value is -0.0600. The van der Waals surface area contributed by atoms with Gasteiger partial charge in [0.2, 0.25) is 0 Å². The Morgan fingerprint density at radius 3 is 2.67 bits per heavy atom. The molecule has 0 aromatic carbocycles. The van der Waals surface area contributed by atoms with Gasteiger partial charge in [0.25, 0.3) is 0 Å². The number of rotatable bonds is 2. The Labute approximate surface area is 54.4 Å². The average molecular weight is 149 g/mol. The summed E-state index contributed by atoms with van der Waals surface area (Å²) in [5, 5.41) is 8.70. The number of hydrogen-bond donors (Lipinski definition) is 3. The lowest BCUT2D eigenvalue weighted by atomic mass is 10.7.